The summed E-state index contributed by atoms with van der Waals surface area (Å²) in [4.78, 5) is 71.6. The minimum Gasteiger partial charge on any atom is -0.475 e. The van der Waals surface area contributed by atoms with Crippen molar-refractivity contribution in [1.82, 2.24) is 21.3 Å². The second-order valence-electron chi connectivity index (χ2n) is 9.77. The van der Waals surface area contributed by atoms with Crippen LogP contribution in [0.15, 0.2) is 12.2 Å². The molecule has 15 nitrogen and oxygen atoms in total. The SMILES string of the molecule is COC(=O)CNC(=O)[C@@H]1COC/C=C/COC[C@H](N)C(=O)N[C@@H](C(C)C)C(=O)N[C@@H](C(C)C)C(=O)N1.O=C(O)C(F)(F)F. The maximum absolute atomic E-state index is 13.1. The molecular weight excluding hydrogens is 587 g/mol. The molecule has 43 heavy (non-hydrogen) atoms. The van der Waals surface area contributed by atoms with Crippen LogP contribution in [0.4, 0.5) is 13.2 Å². The minimum absolute atomic E-state index is 0.0665. The van der Waals surface area contributed by atoms with E-state index in [1.165, 1.54) is 7.11 Å². The van der Waals surface area contributed by atoms with E-state index in [1.54, 1.807) is 39.8 Å². The molecule has 4 amide bonds. The van der Waals surface area contributed by atoms with E-state index >= 15 is 0 Å². The summed E-state index contributed by atoms with van der Waals surface area (Å²) < 4.78 is 47.1. The first-order chi connectivity index (χ1) is 19.9. The van der Waals surface area contributed by atoms with Crippen LogP contribution in [0.5, 0.6) is 0 Å². The molecule has 1 rings (SSSR count). The van der Waals surface area contributed by atoms with Gasteiger partial charge in [0.05, 0.1) is 33.5 Å². The molecule has 0 aromatic carbocycles. The molecule has 18 heteroatoms. The smallest absolute Gasteiger partial charge is 0.475 e. The predicted octanol–water partition coefficient (Wildman–Crippen LogP) is -1.39. The van der Waals surface area contributed by atoms with Gasteiger partial charge in [0.25, 0.3) is 0 Å². The summed E-state index contributed by atoms with van der Waals surface area (Å²) in [6.45, 7) is 6.55. The third-order valence-electron chi connectivity index (χ3n) is 5.52. The van der Waals surface area contributed by atoms with Crippen LogP contribution in [0.1, 0.15) is 27.7 Å². The average Bonchev–Trinajstić information content (AvgIpc) is 2.92. The number of nitrogens with two attached hydrogens (primary N) is 1. The first kappa shape index (κ1) is 39.2. The fourth-order valence-electron chi connectivity index (χ4n) is 3.10. The van der Waals surface area contributed by atoms with Gasteiger partial charge in [0.1, 0.15) is 30.7 Å². The van der Waals surface area contributed by atoms with Crippen LogP contribution in [0.2, 0.25) is 0 Å². The molecule has 0 fully saturated rings. The largest absolute Gasteiger partial charge is 0.490 e. The van der Waals surface area contributed by atoms with E-state index in [0.29, 0.717) is 0 Å². The summed E-state index contributed by atoms with van der Waals surface area (Å²) in [6.07, 6.45) is -1.79. The maximum Gasteiger partial charge on any atom is 0.490 e. The van der Waals surface area contributed by atoms with Gasteiger partial charge < -0.3 is 46.3 Å². The Kier molecular flexibility index (Phi) is 17.7. The van der Waals surface area contributed by atoms with Crippen LogP contribution in [0.25, 0.3) is 0 Å². The third-order valence-corrected chi connectivity index (χ3v) is 5.52. The summed E-state index contributed by atoms with van der Waals surface area (Å²) in [7, 11) is 1.18. The Morgan fingerprint density at radius 2 is 1.40 bits per heavy atom. The van der Waals surface area contributed by atoms with Gasteiger partial charge in [-0.25, -0.2) is 4.79 Å². The Bertz CT molecular complexity index is 991. The number of carbonyl (C=O) groups is 6. The van der Waals surface area contributed by atoms with Gasteiger partial charge in [0.15, 0.2) is 0 Å². The lowest BCUT2D eigenvalue weighted by molar-refractivity contribution is -0.192. The van der Waals surface area contributed by atoms with Crippen molar-refractivity contribution in [2.75, 3.05) is 40.1 Å². The summed E-state index contributed by atoms with van der Waals surface area (Å²) in [5.41, 5.74) is 5.88. The Labute approximate surface area is 246 Å². The van der Waals surface area contributed by atoms with Crippen LogP contribution in [0.3, 0.4) is 0 Å². The van der Waals surface area contributed by atoms with Gasteiger partial charge >= 0.3 is 18.1 Å². The standard InChI is InChI=1S/C23H39N5O8.C2HF3O2/c1-13(2)18-22(32)26-16(21(31)25-10-17(29)34-5)12-36-9-7-6-8-35-11-15(24)20(30)27-19(14(3)4)23(33)28-18;3-2(4,5)1(6)7/h6-7,13-16,18-19H,8-12,24H2,1-5H3,(H,25,31)(H,26,32)(H,27,30)(H,28,33);(H,6,7)/b7-6+;/t15-,16-,18-,19-;/m0./s1. The van der Waals surface area contributed by atoms with Gasteiger partial charge in [0, 0.05) is 0 Å². The molecule has 0 aromatic heterocycles. The minimum atomic E-state index is -5.08. The van der Waals surface area contributed by atoms with E-state index in [4.69, 9.17) is 25.1 Å². The Morgan fingerprint density at radius 1 is 0.953 bits per heavy atom. The number of esters is 1. The second-order valence-corrected chi connectivity index (χ2v) is 9.77. The molecule has 0 radical (unpaired) electrons. The Hall–Kier alpha value is -3.77. The summed E-state index contributed by atoms with van der Waals surface area (Å²) in [5, 5.41) is 17.4. The summed E-state index contributed by atoms with van der Waals surface area (Å²) in [6, 6.07) is -4.13. The van der Waals surface area contributed by atoms with Crippen molar-refractivity contribution in [3.63, 3.8) is 0 Å². The second kappa shape index (κ2) is 19.4. The van der Waals surface area contributed by atoms with E-state index in [9.17, 15) is 37.1 Å². The molecule has 0 saturated carbocycles. The number of carboxylic acid groups (broad SMARTS) is 1. The number of amides is 4. The third kappa shape index (κ3) is 15.9. The van der Waals surface area contributed by atoms with Crippen molar-refractivity contribution in [2.24, 2.45) is 17.6 Å². The molecule has 0 saturated heterocycles. The van der Waals surface area contributed by atoms with Crippen molar-refractivity contribution in [2.45, 2.75) is 58.0 Å². The van der Waals surface area contributed by atoms with Gasteiger partial charge in [-0.2, -0.15) is 13.2 Å². The molecule has 0 unspecified atom stereocenters. The molecule has 0 bridgehead atoms. The van der Waals surface area contributed by atoms with Crippen molar-refractivity contribution >= 4 is 35.6 Å². The van der Waals surface area contributed by atoms with Crippen LogP contribution in [0, 0.1) is 11.8 Å². The highest BCUT2D eigenvalue weighted by molar-refractivity contribution is 5.95. The number of hydrogen-bond acceptors (Lipinski definition) is 10. The number of aliphatic carboxylic acids is 1. The number of methoxy groups -OCH3 is 1. The van der Waals surface area contributed by atoms with Crippen LogP contribution in [-0.2, 0) is 43.0 Å². The Morgan fingerprint density at radius 3 is 1.84 bits per heavy atom. The first-order valence-corrected chi connectivity index (χ1v) is 13.0. The lowest BCUT2D eigenvalue weighted by atomic mass is 9.99. The molecule has 0 aliphatic carbocycles. The molecule has 7 N–H and O–H groups in total. The Balaban J connectivity index is 0.00000223. The van der Waals surface area contributed by atoms with E-state index in [0.717, 1.165) is 0 Å². The van der Waals surface area contributed by atoms with E-state index in [1.807, 2.05) is 0 Å². The van der Waals surface area contributed by atoms with E-state index in [2.05, 4.69) is 26.0 Å². The van der Waals surface area contributed by atoms with Gasteiger partial charge in [-0.15, -0.1) is 0 Å². The average molecular weight is 628 g/mol. The fourth-order valence-corrected chi connectivity index (χ4v) is 3.10. The number of ether oxygens (including phenoxy) is 3. The molecule has 0 aromatic rings. The quantitative estimate of drug-likeness (QED) is 0.154. The number of hydrogen-bond donors (Lipinski definition) is 6. The number of halogens is 3. The van der Waals surface area contributed by atoms with Crippen molar-refractivity contribution in [3.05, 3.63) is 12.2 Å². The molecule has 246 valence electrons. The maximum atomic E-state index is 13.1. The molecular formula is C25H40F3N5O10. The zero-order valence-electron chi connectivity index (χ0n) is 24.5. The zero-order chi connectivity index (χ0) is 33.3. The molecule has 1 heterocycles. The molecule has 0 spiro atoms. The highest BCUT2D eigenvalue weighted by atomic mass is 19.4. The number of nitrogens with one attached hydrogen (secondary N) is 4. The highest BCUT2D eigenvalue weighted by Gasteiger charge is 2.38. The van der Waals surface area contributed by atoms with Gasteiger partial charge in [-0.3, -0.25) is 24.0 Å². The summed E-state index contributed by atoms with van der Waals surface area (Å²) in [5.74, 6) is -6.52. The lowest BCUT2D eigenvalue weighted by Gasteiger charge is -2.29. The van der Waals surface area contributed by atoms with Crippen molar-refractivity contribution in [3.8, 4) is 0 Å². The fraction of sp³-hybridized carbons (Fsp3) is 0.680. The van der Waals surface area contributed by atoms with Crippen LogP contribution >= 0.6 is 0 Å². The van der Waals surface area contributed by atoms with E-state index < -0.39 is 65.9 Å². The molecule has 4 atom stereocenters. The van der Waals surface area contributed by atoms with E-state index in [-0.39, 0.29) is 44.8 Å². The van der Waals surface area contributed by atoms with Gasteiger partial charge in [-0.05, 0) is 11.8 Å². The number of carboxylic acids is 1. The molecule has 1 aliphatic heterocycles. The number of carbonyl (C=O) groups excluding carboxylic acids is 5. The van der Waals surface area contributed by atoms with Gasteiger partial charge in [-0.1, -0.05) is 39.8 Å². The lowest BCUT2D eigenvalue weighted by Crippen LogP contribution is -2.60. The molecule has 1 aliphatic rings. The normalized spacial score (nSPS) is 23.7. The zero-order valence-corrected chi connectivity index (χ0v) is 24.5. The monoisotopic (exact) mass is 627 g/mol. The van der Waals surface area contributed by atoms with Crippen molar-refractivity contribution in [1.29, 1.82) is 0 Å². The number of alkyl halides is 3. The topological polar surface area (TPSA) is 224 Å². The van der Waals surface area contributed by atoms with Crippen LogP contribution < -0.4 is 27.0 Å². The first-order valence-electron chi connectivity index (χ1n) is 13.0. The van der Waals surface area contributed by atoms with Crippen LogP contribution in [-0.4, -0.2) is 111 Å². The predicted molar refractivity (Wildman–Crippen MR) is 143 cm³/mol. The van der Waals surface area contributed by atoms with Crippen molar-refractivity contribution < 1.29 is 61.3 Å². The number of rotatable bonds is 5. The van der Waals surface area contributed by atoms with Gasteiger partial charge in [0.2, 0.25) is 23.6 Å². The highest BCUT2D eigenvalue weighted by Crippen LogP contribution is 2.13. The summed E-state index contributed by atoms with van der Waals surface area (Å²) >= 11 is 0.